The number of carbonyl (C=O) groups excluding carboxylic acids is 1. The zero-order valence-corrected chi connectivity index (χ0v) is 21.3. The first kappa shape index (κ1) is 26.7. The van der Waals surface area contributed by atoms with Crippen LogP contribution in [0.1, 0.15) is 29.3 Å². The van der Waals surface area contributed by atoms with Crippen LogP contribution < -0.4 is 10.0 Å². The van der Waals surface area contributed by atoms with Crippen LogP contribution in [0.2, 0.25) is 0 Å². The van der Waals surface area contributed by atoms with Gasteiger partial charge in [0.15, 0.2) is 11.5 Å². The Kier molecular flexibility index (Phi) is 7.16. The average Bonchev–Trinajstić information content (AvgIpc) is 3.25. The molecular weight excluding hydrogens is 540 g/mol. The number of aromatic nitrogens is 2. The van der Waals surface area contributed by atoms with Crippen LogP contribution in [0.5, 0.6) is 0 Å². The van der Waals surface area contributed by atoms with Crippen LogP contribution in [0, 0.1) is 23.0 Å². The highest BCUT2D eigenvalue weighted by Crippen LogP contribution is 2.28. The number of sulfonamides is 1. The van der Waals surface area contributed by atoms with Crippen LogP contribution in [0.3, 0.4) is 0 Å². The molecule has 38 heavy (non-hydrogen) atoms. The van der Waals surface area contributed by atoms with E-state index in [1.165, 1.54) is 30.3 Å². The van der Waals surface area contributed by atoms with Gasteiger partial charge in [-0.2, -0.15) is 5.26 Å². The third-order valence-corrected chi connectivity index (χ3v) is 8.49. The number of hydrogen-bond donors (Lipinski definition) is 2. The minimum absolute atomic E-state index is 0.0408. The van der Waals surface area contributed by atoms with Crippen molar-refractivity contribution in [3.8, 4) is 6.07 Å². The molecule has 0 bridgehead atoms. The lowest BCUT2D eigenvalue weighted by Gasteiger charge is -2.12. The Morgan fingerprint density at radius 1 is 1.11 bits per heavy atom. The minimum Gasteiger partial charge on any atom is -0.320 e. The van der Waals surface area contributed by atoms with Crippen LogP contribution in [-0.2, 0) is 20.0 Å². The second kappa shape index (κ2) is 10.2. The molecule has 0 radical (unpaired) electrons. The fourth-order valence-corrected chi connectivity index (χ4v) is 6.12. The minimum atomic E-state index is -4.11. The van der Waals surface area contributed by atoms with Crippen LogP contribution in [0.4, 0.5) is 20.2 Å². The van der Waals surface area contributed by atoms with Crippen LogP contribution in [0.15, 0.2) is 65.8 Å². The van der Waals surface area contributed by atoms with Gasteiger partial charge in [0.05, 0.1) is 33.8 Å². The van der Waals surface area contributed by atoms with E-state index in [-0.39, 0.29) is 39.4 Å². The Morgan fingerprint density at radius 2 is 1.82 bits per heavy atom. The Hall–Kier alpha value is -4.35. The molecule has 0 spiro atoms. The quantitative estimate of drug-likeness (QED) is 0.333. The number of rotatable bonds is 8. The lowest BCUT2D eigenvalue weighted by molar-refractivity contribution is 0.101. The highest BCUT2D eigenvalue weighted by atomic mass is 32.2. The zero-order valence-electron chi connectivity index (χ0n) is 19.6. The molecule has 4 rings (SSSR count). The average molecular weight is 560 g/mol. The van der Waals surface area contributed by atoms with Gasteiger partial charge in [-0.1, -0.05) is 25.1 Å². The molecule has 196 valence electrons. The maximum atomic E-state index is 15.0. The van der Waals surface area contributed by atoms with Gasteiger partial charge in [0, 0.05) is 11.6 Å². The number of nitrogens with zero attached hydrogens (tertiary/aromatic N) is 3. The molecule has 0 unspecified atom stereocenters. The van der Waals surface area contributed by atoms with E-state index in [0.29, 0.717) is 0 Å². The molecule has 10 nitrogen and oxygen atoms in total. The molecule has 0 aliphatic rings. The number of fused-ring (bicyclic) bond motifs is 1. The van der Waals surface area contributed by atoms with Crippen molar-refractivity contribution in [2.75, 3.05) is 15.8 Å². The summed E-state index contributed by atoms with van der Waals surface area (Å²) in [5, 5.41) is 11.9. The monoisotopic (exact) mass is 559 g/mol. The number of nitrogens with one attached hydrogen (secondary N) is 2. The number of pyridine rings is 1. The topological polar surface area (TPSA) is 151 Å². The van der Waals surface area contributed by atoms with Gasteiger partial charge >= 0.3 is 0 Å². The van der Waals surface area contributed by atoms with Crippen molar-refractivity contribution >= 4 is 48.4 Å². The van der Waals surface area contributed by atoms with Crippen LogP contribution in [0.25, 0.3) is 11.0 Å². The Balaban J connectivity index is 1.70. The number of benzene rings is 2. The van der Waals surface area contributed by atoms with Gasteiger partial charge in [0.1, 0.15) is 17.4 Å². The van der Waals surface area contributed by atoms with E-state index in [2.05, 4.69) is 10.3 Å². The summed E-state index contributed by atoms with van der Waals surface area (Å²) in [5.41, 5.74) is -1.93. The number of amides is 1. The molecule has 4 aromatic rings. The molecule has 2 aromatic carbocycles. The highest BCUT2D eigenvalue weighted by Gasteiger charge is 2.25. The summed E-state index contributed by atoms with van der Waals surface area (Å²) in [4.78, 5) is 16.8. The number of halogens is 2. The summed E-state index contributed by atoms with van der Waals surface area (Å²) in [5.74, 6) is -4.23. The third kappa shape index (κ3) is 5.06. The zero-order chi connectivity index (χ0) is 27.7. The molecule has 2 N–H and O–H groups in total. The lowest BCUT2D eigenvalue weighted by atomic mass is 10.1. The first-order chi connectivity index (χ1) is 18.0. The van der Waals surface area contributed by atoms with Crippen molar-refractivity contribution < 1.29 is 30.4 Å². The molecular formula is C24H19F2N5O5S2. The molecule has 2 heterocycles. The van der Waals surface area contributed by atoms with E-state index in [0.717, 1.165) is 28.5 Å². The Labute approximate surface area is 216 Å². The molecule has 0 saturated heterocycles. The Bertz CT molecular complexity index is 1820. The van der Waals surface area contributed by atoms with Crippen molar-refractivity contribution in [3.05, 3.63) is 83.7 Å². The van der Waals surface area contributed by atoms with Gasteiger partial charge in [-0.25, -0.2) is 34.6 Å². The number of nitriles is 1. The van der Waals surface area contributed by atoms with Gasteiger partial charge in [0.2, 0.25) is 10.0 Å². The number of carbonyl (C=O) groups is 1. The van der Waals surface area contributed by atoms with E-state index in [9.17, 15) is 35.7 Å². The third-order valence-electron chi connectivity index (χ3n) is 5.35. The second-order valence-corrected chi connectivity index (χ2v) is 11.7. The molecule has 14 heteroatoms. The van der Waals surface area contributed by atoms with Gasteiger partial charge in [-0.15, -0.1) is 0 Å². The number of anilines is 2. The summed E-state index contributed by atoms with van der Waals surface area (Å²) >= 11 is 0. The first-order valence-electron chi connectivity index (χ1n) is 11.0. The largest absolute Gasteiger partial charge is 0.320 e. The van der Waals surface area contributed by atoms with E-state index < -0.39 is 48.8 Å². The van der Waals surface area contributed by atoms with Crippen molar-refractivity contribution in [3.63, 3.8) is 0 Å². The highest BCUT2D eigenvalue weighted by molar-refractivity contribution is 7.92. The van der Waals surface area contributed by atoms with Crippen molar-refractivity contribution in [1.29, 1.82) is 5.26 Å². The molecule has 0 atom stereocenters. The molecule has 0 aliphatic heterocycles. The molecule has 2 aromatic heterocycles. The summed E-state index contributed by atoms with van der Waals surface area (Å²) in [6.45, 7) is 1.60. The summed E-state index contributed by atoms with van der Waals surface area (Å²) in [6, 6.07) is 12.2. The standard InChI is InChI=1S/C24H19F2N5O5S2/c1-2-10-37(33,34)30-20-9-8-19(25)21(22(20)26)24(32)29-16-11-18-15(12-27)14-31(23(18)28-13-16)38(35,36)17-6-4-3-5-7-17/h3-9,11,13-14,30H,2,10H2,1H3,(H,29,32). The maximum absolute atomic E-state index is 15.0. The van der Waals surface area contributed by atoms with E-state index in [4.69, 9.17) is 0 Å². The van der Waals surface area contributed by atoms with Crippen molar-refractivity contribution in [1.82, 2.24) is 8.96 Å². The smallest absolute Gasteiger partial charge is 0.269 e. The van der Waals surface area contributed by atoms with E-state index in [1.807, 2.05) is 10.8 Å². The predicted octanol–water partition coefficient (Wildman–Crippen LogP) is 3.83. The summed E-state index contributed by atoms with van der Waals surface area (Å²) in [7, 11) is -8.03. The molecule has 0 saturated carbocycles. The van der Waals surface area contributed by atoms with E-state index >= 15 is 0 Å². The van der Waals surface area contributed by atoms with Crippen LogP contribution >= 0.6 is 0 Å². The molecule has 0 fully saturated rings. The normalized spacial score (nSPS) is 11.7. The van der Waals surface area contributed by atoms with E-state index in [1.54, 1.807) is 13.0 Å². The fourth-order valence-electron chi connectivity index (χ4n) is 3.65. The predicted molar refractivity (Wildman–Crippen MR) is 135 cm³/mol. The van der Waals surface area contributed by atoms with Crippen molar-refractivity contribution in [2.45, 2.75) is 18.2 Å². The van der Waals surface area contributed by atoms with Gasteiger partial charge in [-0.3, -0.25) is 9.52 Å². The maximum Gasteiger partial charge on any atom is 0.269 e. The van der Waals surface area contributed by atoms with Gasteiger partial charge in [0.25, 0.3) is 15.9 Å². The summed E-state index contributed by atoms with van der Waals surface area (Å²) < 4.78 is 82.4. The number of hydrogen-bond acceptors (Lipinski definition) is 7. The second-order valence-electron chi connectivity index (χ2n) is 8.02. The fraction of sp³-hybridized carbons (Fsp3) is 0.125. The van der Waals surface area contributed by atoms with Crippen LogP contribution in [-0.4, -0.2) is 37.5 Å². The SMILES string of the molecule is CCCS(=O)(=O)Nc1ccc(F)c(C(=O)Nc2cnc3c(c2)c(C#N)cn3S(=O)(=O)c2ccccc2)c1F. The van der Waals surface area contributed by atoms with Gasteiger partial charge in [-0.05, 0) is 36.8 Å². The summed E-state index contributed by atoms with van der Waals surface area (Å²) in [6.07, 6.45) is 2.39. The molecule has 0 aliphatic carbocycles. The lowest BCUT2D eigenvalue weighted by Crippen LogP contribution is -2.20. The Morgan fingerprint density at radius 3 is 2.47 bits per heavy atom. The van der Waals surface area contributed by atoms with Gasteiger partial charge < -0.3 is 5.32 Å². The van der Waals surface area contributed by atoms with Crippen molar-refractivity contribution in [2.24, 2.45) is 0 Å². The molecule has 1 amide bonds. The first-order valence-corrected chi connectivity index (χ1v) is 14.1.